The molecule has 3 aromatic carbocycles. The van der Waals surface area contributed by atoms with E-state index in [1.165, 1.54) is 21.9 Å². The van der Waals surface area contributed by atoms with Crippen molar-refractivity contribution in [3.8, 4) is 0 Å². The molecule has 0 radical (unpaired) electrons. The molecule has 0 amide bonds. The van der Waals surface area contributed by atoms with E-state index < -0.39 is 0 Å². The van der Waals surface area contributed by atoms with E-state index in [4.69, 9.17) is 4.42 Å². The van der Waals surface area contributed by atoms with E-state index >= 15 is 0 Å². The lowest BCUT2D eigenvalue weighted by Crippen LogP contribution is -1.95. The van der Waals surface area contributed by atoms with Crippen molar-refractivity contribution in [2.75, 3.05) is 0 Å². The molecule has 1 atom stereocenters. The van der Waals surface area contributed by atoms with Gasteiger partial charge in [0, 0.05) is 16.7 Å². The first-order valence-electron chi connectivity index (χ1n) is 7.29. The summed E-state index contributed by atoms with van der Waals surface area (Å²) >= 11 is 0. The van der Waals surface area contributed by atoms with Gasteiger partial charge in [-0.1, -0.05) is 61.5 Å². The van der Waals surface area contributed by atoms with Gasteiger partial charge in [-0.2, -0.15) is 0 Å². The highest BCUT2D eigenvalue weighted by atomic mass is 16.3. The zero-order valence-corrected chi connectivity index (χ0v) is 11.9. The van der Waals surface area contributed by atoms with Gasteiger partial charge in [-0.15, -0.1) is 0 Å². The summed E-state index contributed by atoms with van der Waals surface area (Å²) in [6.07, 6.45) is 0. The number of para-hydroxylation sites is 1. The van der Waals surface area contributed by atoms with Gasteiger partial charge in [0.05, 0.1) is 0 Å². The molecule has 1 heterocycles. The number of hydrogen-bond donors (Lipinski definition) is 0. The summed E-state index contributed by atoms with van der Waals surface area (Å²) in [6.45, 7) is 2.25. The van der Waals surface area contributed by atoms with E-state index in [0.29, 0.717) is 5.92 Å². The van der Waals surface area contributed by atoms with Gasteiger partial charge >= 0.3 is 0 Å². The van der Waals surface area contributed by atoms with Crippen molar-refractivity contribution in [3.63, 3.8) is 0 Å². The van der Waals surface area contributed by atoms with Crippen LogP contribution in [-0.2, 0) is 0 Å². The molecule has 4 rings (SSSR count). The first kappa shape index (κ1) is 12.2. The summed E-state index contributed by atoms with van der Waals surface area (Å²) in [7, 11) is 0. The van der Waals surface area contributed by atoms with Crippen molar-refractivity contribution >= 4 is 21.9 Å². The number of fused-ring (bicyclic) bond motifs is 3. The molecular weight excluding hydrogens is 256 g/mol. The van der Waals surface area contributed by atoms with Gasteiger partial charge in [0.15, 0.2) is 0 Å². The van der Waals surface area contributed by atoms with E-state index in [9.17, 15) is 0 Å². The van der Waals surface area contributed by atoms with Crippen LogP contribution in [0.1, 0.15) is 24.0 Å². The second-order valence-electron chi connectivity index (χ2n) is 5.49. The molecule has 0 bridgehead atoms. The van der Waals surface area contributed by atoms with Crippen molar-refractivity contribution in [1.29, 1.82) is 0 Å². The Hall–Kier alpha value is -2.54. The molecule has 0 aliphatic carbocycles. The Kier molecular flexibility index (Phi) is 2.78. The van der Waals surface area contributed by atoms with Gasteiger partial charge in [0.25, 0.3) is 0 Å². The largest absolute Gasteiger partial charge is 0.456 e. The Labute approximate surface area is 123 Å². The maximum atomic E-state index is 5.89. The Balaban J connectivity index is 1.88. The summed E-state index contributed by atoms with van der Waals surface area (Å²) in [5.41, 5.74) is 4.57. The molecule has 1 aromatic heterocycles. The Morgan fingerprint density at radius 3 is 2.24 bits per heavy atom. The molecule has 1 nitrogen and oxygen atoms in total. The minimum absolute atomic E-state index is 0.379. The molecule has 0 aliphatic heterocycles. The SMILES string of the molecule is C[C@H](c1ccccc1)c1ccc2oc3ccccc3c2c1. The fourth-order valence-corrected chi connectivity index (χ4v) is 2.95. The van der Waals surface area contributed by atoms with Crippen LogP contribution in [0.2, 0.25) is 0 Å². The highest BCUT2D eigenvalue weighted by molar-refractivity contribution is 6.05. The molecule has 0 spiro atoms. The molecule has 21 heavy (non-hydrogen) atoms. The first-order valence-corrected chi connectivity index (χ1v) is 7.29. The second-order valence-corrected chi connectivity index (χ2v) is 5.49. The average Bonchev–Trinajstić information content (AvgIpc) is 2.93. The number of hydrogen-bond acceptors (Lipinski definition) is 1. The summed E-state index contributed by atoms with van der Waals surface area (Å²) in [5.74, 6) is 0.379. The van der Waals surface area contributed by atoms with E-state index in [-0.39, 0.29) is 0 Å². The average molecular weight is 272 g/mol. The van der Waals surface area contributed by atoms with Crippen molar-refractivity contribution < 1.29 is 4.42 Å². The van der Waals surface area contributed by atoms with Crippen LogP contribution in [0.3, 0.4) is 0 Å². The third-order valence-electron chi connectivity index (χ3n) is 4.20. The lowest BCUT2D eigenvalue weighted by atomic mass is 9.92. The summed E-state index contributed by atoms with van der Waals surface area (Å²) in [4.78, 5) is 0. The van der Waals surface area contributed by atoms with Crippen molar-refractivity contribution in [2.24, 2.45) is 0 Å². The summed E-state index contributed by atoms with van der Waals surface area (Å²) in [5, 5.41) is 2.39. The topological polar surface area (TPSA) is 13.1 Å². The number of furan rings is 1. The quantitative estimate of drug-likeness (QED) is 0.453. The molecule has 102 valence electrons. The van der Waals surface area contributed by atoms with Gasteiger partial charge in [-0.25, -0.2) is 0 Å². The third kappa shape index (κ3) is 2.02. The maximum Gasteiger partial charge on any atom is 0.135 e. The molecule has 0 aliphatic rings. The smallest absolute Gasteiger partial charge is 0.135 e. The zero-order chi connectivity index (χ0) is 14.2. The molecule has 0 N–H and O–H groups in total. The van der Waals surface area contributed by atoms with Crippen LogP contribution >= 0.6 is 0 Å². The first-order chi connectivity index (χ1) is 10.3. The predicted molar refractivity (Wildman–Crippen MR) is 87.7 cm³/mol. The Morgan fingerprint density at radius 2 is 1.38 bits per heavy atom. The predicted octanol–water partition coefficient (Wildman–Crippen LogP) is 5.74. The molecule has 1 heteroatoms. The van der Waals surface area contributed by atoms with Crippen LogP contribution in [-0.4, -0.2) is 0 Å². The van der Waals surface area contributed by atoms with Crippen LogP contribution in [0.4, 0.5) is 0 Å². The van der Waals surface area contributed by atoms with Crippen LogP contribution in [0.5, 0.6) is 0 Å². The Morgan fingerprint density at radius 1 is 0.667 bits per heavy atom. The fraction of sp³-hybridized carbons (Fsp3) is 0.100. The van der Waals surface area contributed by atoms with Gasteiger partial charge in [0.1, 0.15) is 11.2 Å². The summed E-state index contributed by atoms with van der Waals surface area (Å²) in [6, 6.07) is 25.4. The van der Waals surface area contributed by atoms with Gasteiger partial charge in [-0.3, -0.25) is 0 Å². The Bertz CT molecular complexity index is 903. The fourth-order valence-electron chi connectivity index (χ4n) is 2.95. The van der Waals surface area contributed by atoms with Crippen molar-refractivity contribution in [3.05, 3.63) is 83.9 Å². The third-order valence-corrected chi connectivity index (χ3v) is 4.20. The van der Waals surface area contributed by atoms with Crippen LogP contribution < -0.4 is 0 Å². The van der Waals surface area contributed by atoms with Crippen LogP contribution in [0, 0.1) is 0 Å². The van der Waals surface area contributed by atoms with E-state index in [1.54, 1.807) is 0 Å². The molecular formula is C20H16O. The van der Waals surface area contributed by atoms with Crippen molar-refractivity contribution in [2.45, 2.75) is 12.8 Å². The van der Waals surface area contributed by atoms with Crippen molar-refractivity contribution in [1.82, 2.24) is 0 Å². The normalized spacial score (nSPS) is 12.8. The van der Waals surface area contributed by atoms with E-state index in [0.717, 1.165) is 11.2 Å². The standard InChI is InChI=1S/C20H16O/c1-14(15-7-3-2-4-8-15)16-11-12-20-18(13-16)17-9-5-6-10-19(17)21-20/h2-14H,1H3/t14-/m1/s1. The molecule has 0 saturated heterocycles. The lowest BCUT2D eigenvalue weighted by Gasteiger charge is -2.12. The van der Waals surface area contributed by atoms with Crippen LogP contribution in [0.15, 0.2) is 77.2 Å². The minimum atomic E-state index is 0.379. The molecule has 0 unspecified atom stereocenters. The highest BCUT2D eigenvalue weighted by Crippen LogP contribution is 2.32. The minimum Gasteiger partial charge on any atom is -0.456 e. The van der Waals surface area contributed by atoms with E-state index in [2.05, 4.69) is 67.6 Å². The maximum absolute atomic E-state index is 5.89. The lowest BCUT2D eigenvalue weighted by molar-refractivity contribution is 0.668. The van der Waals surface area contributed by atoms with Gasteiger partial charge in [-0.05, 0) is 29.3 Å². The number of benzene rings is 3. The van der Waals surface area contributed by atoms with E-state index in [1.807, 2.05) is 12.1 Å². The number of rotatable bonds is 2. The molecule has 4 aromatic rings. The zero-order valence-electron chi connectivity index (χ0n) is 11.9. The summed E-state index contributed by atoms with van der Waals surface area (Å²) < 4.78 is 5.89. The van der Waals surface area contributed by atoms with Crippen LogP contribution in [0.25, 0.3) is 21.9 Å². The highest BCUT2D eigenvalue weighted by Gasteiger charge is 2.11. The second kappa shape index (κ2) is 4.78. The monoisotopic (exact) mass is 272 g/mol. The molecule has 0 saturated carbocycles. The molecule has 0 fully saturated rings. The van der Waals surface area contributed by atoms with Gasteiger partial charge < -0.3 is 4.42 Å². The van der Waals surface area contributed by atoms with Gasteiger partial charge in [0.2, 0.25) is 0 Å².